The van der Waals surface area contributed by atoms with E-state index >= 15 is 0 Å². The topological polar surface area (TPSA) is 61.9 Å². The molecule has 7 heteroatoms. The Kier molecular flexibility index (Phi) is 3.39. The van der Waals surface area contributed by atoms with Crippen molar-refractivity contribution in [3.63, 3.8) is 0 Å². The second kappa shape index (κ2) is 5.32. The zero-order valence-electron chi connectivity index (χ0n) is 12.8. The van der Waals surface area contributed by atoms with Gasteiger partial charge in [0.1, 0.15) is 5.52 Å². The van der Waals surface area contributed by atoms with Gasteiger partial charge in [-0.05, 0) is 26.0 Å². The van der Waals surface area contributed by atoms with Crippen LogP contribution in [-0.4, -0.2) is 31.8 Å². The van der Waals surface area contributed by atoms with E-state index in [0.717, 1.165) is 22.6 Å². The lowest BCUT2D eigenvalue weighted by molar-refractivity contribution is 0.0649. The van der Waals surface area contributed by atoms with E-state index in [2.05, 4.69) is 15.0 Å². The molecule has 0 saturated heterocycles. The third-order valence-corrected chi connectivity index (χ3v) is 5.45. The average molecular weight is 347 g/mol. The summed E-state index contributed by atoms with van der Waals surface area (Å²) in [6.45, 7) is 4.64. The Balaban J connectivity index is 1.69. The number of fused-ring (bicyclic) bond motifs is 2. The van der Waals surface area contributed by atoms with Crippen LogP contribution in [0.15, 0.2) is 18.2 Å². The van der Waals surface area contributed by atoms with Gasteiger partial charge in [0, 0.05) is 17.3 Å². The molecule has 0 saturated carbocycles. The van der Waals surface area contributed by atoms with Crippen molar-refractivity contribution in [1.82, 2.24) is 19.9 Å². The molecule has 0 bridgehead atoms. The molecule has 0 spiro atoms. The molecule has 0 unspecified atom stereocenters. The molecule has 0 radical (unpaired) electrons. The highest BCUT2D eigenvalue weighted by Gasteiger charge is 2.31. The molecule has 1 aliphatic heterocycles. The van der Waals surface area contributed by atoms with Crippen molar-refractivity contribution in [3.05, 3.63) is 44.6 Å². The largest absolute Gasteiger partial charge is 0.334 e. The first-order chi connectivity index (χ1) is 11.0. The van der Waals surface area contributed by atoms with E-state index in [0.29, 0.717) is 22.9 Å². The van der Waals surface area contributed by atoms with Gasteiger partial charge in [-0.2, -0.15) is 0 Å². The average Bonchev–Trinajstić information content (AvgIpc) is 3.09. The minimum Gasteiger partial charge on any atom is -0.334 e. The van der Waals surface area contributed by atoms with Gasteiger partial charge < -0.3 is 9.88 Å². The molecule has 2 aromatic heterocycles. The minimum atomic E-state index is -0.0959. The molecule has 5 nitrogen and oxygen atoms in total. The van der Waals surface area contributed by atoms with Gasteiger partial charge in [0.15, 0.2) is 5.82 Å². The van der Waals surface area contributed by atoms with Crippen LogP contribution in [0.1, 0.15) is 33.1 Å². The number of halogens is 1. The molecule has 3 aromatic rings. The van der Waals surface area contributed by atoms with E-state index in [1.54, 1.807) is 17.4 Å². The summed E-state index contributed by atoms with van der Waals surface area (Å²) < 4.78 is 0. The first kappa shape index (κ1) is 14.7. The first-order valence-electron chi connectivity index (χ1n) is 7.43. The molecule has 3 heterocycles. The van der Waals surface area contributed by atoms with Crippen molar-refractivity contribution >= 4 is 39.9 Å². The molecule has 1 N–H and O–H groups in total. The van der Waals surface area contributed by atoms with Crippen LogP contribution in [0.5, 0.6) is 0 Å². The van der Waals surface area contributed by atoms with Gasteiger partial charge in [0.25, 0.3) is 5.91 Å². The molecule has 1 aliphatic rings. The van der Waals surface area contributed by atoms with Crippen LogP contribution in [0.2, 0.25) is 5.02 Å². The van der Waals surface area contributed by atoms with Crippen LogP contribution in [0.25, 0.3) is 11.0 Å². The number of amides is 1. The molecule has 118 valence electrons. The number of nitrogens with one attached hydrogen (secondary N) is 1. The predicted octanol–water partition coefficient (Wildman–Crippen LogP) is 3.57. The van der Waals surface area contributed by atoms with Crippen molar-refractivity contribution in [2.24, 2.45) is 0 Å². The van der Waals surface area contributed by atoms with E-state index in [-0.39, 0.29) is 11.9 Å². The fourth-order valence-electron chi connectivity index (χ4n) is 3.00. The fourth-order valence-corrected chi connectivity index (χ4v) is 4.18. The lowest BCUT2D eigenvalue weighted by Crippen LogP contribution is -2.42. The van der Waals surface area contributed by atoms with Crippen molar-refractivity contribution < 1.29 is 4.79 Å². The number of aromatic amines is 1. The number of thiazole rings is 1. The summed E-state index contributed by atoms with van der Waals surface area (Å²) in [6.07, 6.45) is 0.784. The number of hydrogen-bond donors (Lipinski definition) is 1. The summed E-state index contributed by atoms with van der Waals surface area (Å²) in [6, 6.07) is 5.58. The lowest BCUT2D eigenvalue weighted by Gasteiger charge is -2.32. The number of H-pyrrole nitrogens is 1. The number of aromatic nitrogens is 3. The number of benzene rings is 1. The number of carbonyl (C=O) groups excluding carboxylic acids is 1. The maximum atomic E-state index is 12.9. The van der Waals surface area contributed by atoms with Crippen LogP contribution in [0.3, 0.4) is 0 Å². The molecule has 1 aromatic carbocycles. The Morgan fingerprint density at radius 3 is 3.04 bits per heavy atom. The van der Waals surface area contributed by atoms with Crippen LogP contribution in [0, 0.1) is 6.92 Å². The highest BCUT2D eigenvalue weighted by molar-refractivity contribution is 7.11. The summed E-state index contributed by atoms with van der Waals surface area (Å²) in [7, 11) is 0. The van der Waals surface area contributed by atoms with Gasteiger partial charge in [0.05, 0.1) is 27.8 Å². The highest BCUT2D eigenvalue weighted by Crippen LogP contribution is 2.29. The zero-order valence-corrected chi connectivity index (χ0v) is 14.3. The number of hydrogen-bond acceptors (Lipinski definition) is 4. The summed E-state index contributed by atoms with van der Waals surface area (Å²) >= 11 is 7.80. The smallest absolute Gasteiger partial charge is 0.290 e. The lowest BCUT2D eigenvalue weighted by atomic mass is 10.1. The van der Waals surface area contributed by atoms with Gasteiger partial charge >= 0.3 is 0 Å². The van der Waals surface area contributed by atoms with E-state index in [4.69, 9.17) is 11.6 Å². The van der Waals surface area contributed by atoms with Gasteiger partial charge in [0.2, 0.25) is 0 Å². The normalized spacial score (nSPS) is 17.5. The summed E-state index contributed by atoms with van der Waals surface area (Å²) in [4.78, 5) is 27.9. The maximum Gasteiger partial charge on any atom is 0.290 e. The number of rotatable bonds is 1. The van der Waals surface area contributed by atoms with Crippen molar-refractivity contribution in [3.8, 4) is 0 Å². The molecule has 23 heavy (non-hydrogen) atoms. The monoisotopic (exact) mass is 346 g/mol. The standard InChI is InChI=1S/C16H15ClN4OS/c1-8-6-12-13(23-9(2)18-12)7-21(8)16(22)15-19-11-5-3-4-10(17)14(11)20-15/h3-5,8H,6-7H2,1-2H3,(H,19,20)/t8-/m1/s1. The maximum absolute atomic E-state index is 12.9. The van der Waals surface area contributed by atoms with Gasteiger partial charge in [-0.25, -0.2) is 9.97 Å². The van der Waals surface area contributed by atoms with E-state index in [9.17, 15) is 4.79 Å². The highest BCUT2D eigenvalue weighted by atomic mass is 35.5. The Morgan fingerprint density at radius 1 is 1.43 bits per heavy atom. The third-order valence-electron chi connectivity index (χ3n) is 4.15. The van der Waals surface area contributed by atoms with Crippen molar-refractivity contribution in [1.29, 1.82) is 0 Å². The van der Waals surface area contributed by atoms with E-state index in [1.165, 1.54) is 4.88 Å². The molecular weight excluding hydrogens is 332 g/mol. The SMILES string of the molecule is Cc1nc2c(s1)CN(C(=O)c1nc3c(Cl)cccc3[nH]1)[C@H](C)C2. The third kappa shape index (κ3) is 2.42. The van der Waals surface area contributed by atoms with Crippen LogP contribution >= 0.6 is 22.9 Å². The van der Waals surface area contributed by atoms with Crippen LogP contribution in [-0.2, 0) is 13.0 Å². The van der Waals surface area contributed by atoms with Crippen LogP contribution in [0.4, 0.5) is 0 Å². The van der Waals surface area contributed by atoms with Crippen molar-refractivity contribution in [2.45, 2.75) is 32.9 Å². The summed E-state index contributed by atoms with van der Waals surface area (Å²) in [5, 5.41) is 1.59. The second-order valence-electron chi connectivity index (χ2n) is 5.81. The van der Waals surface area contributed by atoms with E-state index in [1.807, 2.05) is 30.9 Å². The molecule has 0 fully saturated rings. The number of para-hydroxylation sites is 1. The number of aryl methyl sites for hydroxylation is 1. The van der Waals surface area contributed by atoms with Gasteiger partial charge in [-0.1, -0.05) is 17.7 Å². The molecule has 0 aliphatic carbocycles. The van der Waals surface area contributed by atoms with Crippen molar-refractivity contribution in [2.75, 3.05) is 0 Å². The van der Waals surface area contributed by atoms with Crippen LogP contribution < -0.4 is 0 Å². The molecule has 1 amide bonds. The van der Waals surface area contributed by atoms with Gasteiger partial charge in [-0.3, -0.25) is 4.79 Å². The molecule has 1 atom stereocenters. The first-order valence-corrected chi connectivity index (χ1v) is 8.62. The molecule has 4 rings (SSSR count). The predicted molar refractivity (Wildman–Crippen MR) is 91.0 cm³/mol. The number of carbonyl (C=O) groups is 1. The Bertz CT molecular complexity index is 916. The second-order valence-corrected chi connectivity index (χ2v) is 7.51. The Morgan fingerprint density at radius 2 is 2.26 bits per heavy atom. The fraction of sp³-hybridized carbons (Fsp3) is 0.312. The minimum absolute atomic E-state index is 0.0959. The van der Waals surface area contributed by atoms with E-state index < -0.39 is 0 Å². The Labute approximate surface area is 142 Å². The number of imidazole rings is 1. The zero-order chi connectivity index (χ0) is 16.1. The molecular formula is C16H15ClN4OS. The number of nitrogens with zero attached hydrogens (tertiary/aromatic N) is 3. The van der Waals surface area contributed by atoms with Gasteiger partial charge in [-0.15, -0.1) is 11.3 Å². The quantitative estimate of drug-likeness (QED) is 0.732. The summed E-state index contributed by atoms with van der Waals surface area (Å²) in [5.41, 5.74) is 2.54. The Hall–Kier alpha value is -1.92. The summed E-state index contributed by atoms with van der Waals surface area (Å²) in [5.74, 6) is 0.242.